The second-order valence-electron chi connectivity index (χ2n) is 6.95. The number of rotatable bonds is 9. The van der Waals surface area contributed by atoms with Crippen LogP contribution in [0.5, 0.6) is 17.2 Å². The number of carbonyl (C=O) groups excluding carboxylic acids is 1. The van der Waals surface area contributed by atoms with E-state index in [0.717, 1.165) is 5.56 Å². The molecule has 9 heteroatoms. The summed E-state index contributed by atoms with van der Waals surface area (Å²) in [5.74, 6) is 0.879. The molecule has 0 aliphatic heterocycles. The molecule has 2 rings (SSSR count). The van der Waals surface area contributed by atoms with E-state index in [1.54, 1.807) is 33.1 Å². The largest absolute Gasteiger partial charge is 0.495 e. The summed E-state index contributed by atoms with van der Waals surface area (Å²) in [4.78, 5) is 12.7. The monoisotopic (exact) mass is 436 g/mol. The van der Waals surface area contributed by atoms with Crippen molar-refractivity contribution in [3.8, 4) is 17.2 Å². The second kappa shape index (κ2) is 9.82. The minimum absolute atomic E-state index is 0.0925. The molecule has 0 saturated carbocycles. The molecule has 2 N–H and O–H groups in total. The quantitative estimate of drug-likeness (QED) is 0.627. The van der Waals surface area contributed by atoms with Gasteiger partial charge >= 0.3 is 0 Å². The summed E-state index contributed by atoms with van der Waals surface area (Å²) in [6.45, 7) is 5.25. The van der Waals surface area contributed by atoms with E-state index in [1.807, 2.05) is 13.0 Å². The van der Waals surface area contributed by atoms with Crippen molar-refractivity contribution in [3.63, 3.8) is 0 Å². The molecule has 2 aromatic rings. The van der Waals surface area contributed by atoms with Gasteiger partial charge in [0.05, 0.1) is 27.4 Å². The zero-order chi connectivity index (χ0) is 22.5. The van der Waals surface area contributed by atoms with Crippen molar-refractivity contribution < 1.29 is 27.4 Å². The van der Waals surface area contributed by atoms with E-state index < -0.39 is 15.9 Å². The lowest BCUT2D eigenvalue weighted by molar-refractivity contribution is 0.0939. The molecule has 0 saturated heterocycles. The van der Waals surface area contributed by atoms with Crippen molar-refractivity contribution in [3.05, 3.63) is 47.5 Å². The van der Waals surface area contributed by atoms with E-state index >= 15 is 0 Å². The van der Waals surface area contributed by atoms with E-state index in [9.17, 15) is 13.2 Å². The number of benzene rings is 2. The van der Waals surface area contributed by atoms with Crippen LogP contribution in [0.2, 0.25) is 0 Å². The van der Waals surface area contributed by atoms with Crippen molar-refractivity contribution in [1.29, 1.82) is 0 Å². The molecule has 0 aliphatic carbocycles. The predicted molar refractivity (Wildman–Crippen MR) is 114 cm³/mol. The minimum Gasteiger partial charge on any atom is -0.495 e. The molecule has 164 valence electrons. The summed E-state index contributed by atoms with van der Waals surface area (Å²) < 4.78 is 43.4. The van der Waals surface area contributed by atoms with Gasteiger partial charge in [0.1, 0.15) is 10.6 Å². The predicted octanol–water partition coefficient (Wildman–Crippen LogP) is 2.89. The van der Waals surface area contributed by atoms with E-state index in [4.69, 9.17) is 14.2 Å². The molecule has 0 radical (unpaired) electrons. The summed E-state index contributed by atoms with van der Waals surface area (Å²) >= 11 is 0. The molecule has 30 heavy (non-hydrogen) atoms. The normalized spacial score (nSPS) is 12.4. The Balaban J connectivity index is 2.30. The van der Waals surface area contributed by atoms with Gasteiger partial charge in [-0.05, 0) is 56.7 Å². The van der Waals surface area contributed by atoms with E-state index in [0.29, 0.717) is 11.5 Å². The van der Waals surface area contributed by atoms with Gasteiger partial charge < -0.3 is 19.5 Å². The van der Waals surface area contributed by atoms with Crippen LogP contribution in [-0.2, 0) is 10.0 Å². The third-order valence-corrected chi connectivity index (χ3v) is 6.04. The van der Waals surface area contributed by atoms with Crippen LogP contribution in [0.4, 0.5) is 0 Å². The highest BCUT2D eigenvalue weighted by Gasteiger charge is 2.23. The Morgan fingerprint density at radius 1 is 0.867 bits per heavy atom. The summed E-state index contributed by atoms with van der Waals surface area (Å²) in [6, 6.07) is 8.99. The molecule has 0 heterocycles. The molecule has 0 aliphatic rings. The summed E-state index contributed by atoms with van der Waals surface area (Å²) in [5, 5.41) is 2.87. The molecule has 0 spiro atoms. The standard InChI is InChI=1S/C21H28N2O6S/c1-13(2)23-30(25,26)20-12-16(8-10-18(20)28-5)21(24)22-14(3)15-7-9-17(27-4)19(11-15)29-6/h7-14,23H,1-6H3,(H,22,24). The van der Waals surface area contributed by atoms with Crippen LogP contribution >= 0.6 is 0 Å². The minimum atomic E-state index is -3.84. The first-order chi connectivity index (χ1) is 14.1. The van der Waals surface area contributed by atoms with Crippen LogP contribution in [0, 0.1) is 0 Å². The van der Waals surface area contributed by atoms with Gasteiger partial charge in [0.25, 0.3) is 5.91 Å². The molecule has 0 bridgehead atoms. The molecular weight excluding hydrogens is 408 g/mol. The number of methoxy groups -OCH3 is 3. The zero-order valence-corrected chi connectivity index (χ0v) is 18.8. The number of hydrogen-bond acceptors (Lipinski definition) is 6. The van der Waals surface area contributed by atoms with Gasteiger partial charge in [0, 0.05) is 11.6 Å². The van der Waals surface area contributed by atoms with Gasteiger partial charge in [-0.15, -0.1) is 0 Å². The molecule has 1 atom stereocenters. The third kappa shape index (κ3) is 5.43. The van der Waals surface area contributed by atoms with Crippen LogP contribution in [0.1, 0.15) is 42.7 Å². The molecule has 1 unspecified atom stereocenters. The van der Waals surface area contributed by atoms with Crippen LogP contribution in [0.3, 0.4) is 0 Å². The highest BCUT2D eigenvalue weighted by atomic mass is 32.2. The van der Waals surface area contributed by atoms with Crippen LogP contribution < -0.4 is 24.2 Å². The Labute approximate surface area is 177 Å². The maximum atomic E-state index is 12.8. The van der Waals surface area contributed by atoms with Gasteiger partial charge in [-0.25, -0.2) is 13.1 Å². The Morgan fingerprint density at radius 3 is 2.03 bits per heavy atom. The Morgan fingerprint density at radius 2 is 1.47 bits per heavy atom. The summed E-state index contributed by atoms with van der Waals surface area (Å²) in [5.41, 5.74) is 1.01. The first kappa shape index (κ1) is 23.5. The number of amides is 1. The fraction of sp³-hybridized carbons (Fsp3) is 0.381. The first-order valence-electron chi connectivity index (χ1n) is 9.36. The molecule has 0 aromatic heterocycles. The molecule has 0 fully saturated rings. The third-order valence-electron chi connectivity index (χ3n) is 4.36. The highest BCUT2D eigenvalue weighted by Crippen LogP contribution is 2.30. The summed E-state index contributed by atoms with van der Waals surface area (Å²) in [7, 11) is 0.621. The number of sulfonamides is 1. The fourth-order valence-electron chi connectivity index (χ4n) is 2.89. The maximum absolute atomic E-state index is 12.8. The highest BCUT2D eigenvalue weighted by molar-refractivity contribution is 7.89. The van der Waals surface area contributed by atoms with Crippen LogP contribution in [-0.4, -0.2) is 41.7 Å². The van der Waals surface area contributed by atoms with Crippen molar-refractivity contribution in [2.24, 2.45) is 0 Å². The van der Waals surface area contributed by atoms with Crippen molar-refractivity contribution in [2.45, 2.75) is 37.8 Å². The Bertz CT molecular complexity index is 1000. The van der Waals surface area contributed by atoms with Gasteiger partial charge in [0.15, 0.2) is 11.5 Å². The van der Waals surface area contributed by atoms with E-state index in [2.05, 4.69) is 10.0 Å². The number of hydrogen-bond donors (Lipinski definition) is 2. The van der Waals surface area contributed by atoms with Gasteiger partial charge in [-0.2, -0.15) is 0 Å². The number of carbonyl (C=O) groups is 1. The maximum Gasteiger partial charge on any atom is 0.251 e. The lowest BCUT2D eigenvalue weighted by atomic mass is 10.1. The van der Waals surface area contributed by atoms with E-state index in [1.165, 1.54) is 32.4 Å². The van der Waals surface area contributed by atoms with Gasteiger partial charge in [0.2, 0.25) is 10.0 Å². The van der Waals surface area contributed by atoms with Crippen molar-refractivity contribution >= 4 is 15.9 Å². The molecule has 2 aromatic carbocycles. The molecule has 1 amide bonds. The zero-order valence-electron chi connectivity index (χ0n) is 18.0. The molecular formula is C21H28N2O6S. The Hall–Kier alpha value is -2.78. The van der Waals surface area contributed by atoms with Crippen LogP contribution in [0.15, 0.2) is 41.3 Å². The number of ether oxygens (including phenoxy) is 3. The second-order valence-corrected chi connectivity index (χ2v) is 8.63. The van der Waals surface area contributed by atoms with Crippen molar-refractivity contribution in [2.75, 3.05) is 21.3 Å². The smallest absolute Gasteiger partial charge is 0.251 e. The SMILES string of the molecule is COc1ccc(C(C)NC(=O)c2ccc(OC)c(S(=O)(=O)NC(C)C)c2)cc1OC. The fourth-order valence-corrected chi connectivity index (χ4v) is 4.33. The number of nitrogens with one attached hydrogen (secondary N) is 2. The average Bonchev–Trinajstić information content (AvgIpc) is 2.71. The molecule has 8 nitrogen and oxygen atoms in total. The van der Waals surface area contributed by atoms with E-state index in [-0.39, 0.29) is 28.3 Å². The topological polar surface area (TPSA) is 103 Å². The lowest BCUT2D eigenvalue weighted by Gasteiger charge is -2.18. The average molecular weight is 437 g/mol. The first-order valence-corrected chi connectivity index (χ1v) is 10.8. The Kier molecular flexibility index (Phi) is 7.69. The lowest BCUT2D eigenvalue weighted by Crippen LogP contribution is -2.31. The van der Waals surface area contributed by atoms with Gasteiger partial charge in [-0.1, -0.05) is 6.07 Å². The van der Waals surface area contributed by atoms with Gasteiger partial charge in [-0.3, -0.25) is 4.79 Å². The summed E-state index contributed by atoms with van der Waals surface area (Å²) in [6.07, 6.45) is 0. The van der Waals surface area contributed by atoms with Crippen LogP contribution in [0.25, 0.3) is 0 Å². The van der Waals surface area contributed by atoms with Crippen molar-refractivity contribution in [1.82, 2.24) is 10.0 Å².